The molecule has 0 unspecified atom stereocenters. The number of hydrogen-bond donors (Lipinski definition) is 1. The van der Waals surface area contributed by atoms with Gasteiger partial charge in [-0.25, -0.2) is 22.8 Å². The Morgan fingerprint density at radius 3 is 2.44 bits per heavy atom. The van der Waals surface area contributed by atoms with E-state index in [-0.39, 0.29) is 37.2 Å². The molecule has 5 rings (SSSR count). The molecule has 3 aromatic carbocycles. The lowest BCUT2D eigenvalue weighted by molar-refractivity contribution is -0.0413. The summed E-state index contributed by atoms with van der Waals surface area (Å²) in [7, 11) is -3.80. The van der Waals surface area contributed by atoms with Gasteiger partial charge in [-0.3, -0.25) is 0 Å². The standard InChI is InChI=1S/C29H29FN4O4S/c30-24-10-5-11-26(17-24)38-29(23-8-2-1-3-9-23)20-34(21-29)39(35,36)27-12-4-7-22(16-27)15-25(31)18-37-19-28-32-13-6-14-33-28/h1-14,16-17,25H,15,18-21,31H2/t25-/m0/s1. The van der Waals surface area contributed by atoms with E-state index < -0.39 is 21.4 Å². The van der Waals surface area contributed by atoms with Crippen LogP contribution in [-0.4, -0.2) is 48.4 Å². The van der Waals surface area contributed by atoms with Gasteiger partial charge in [0, 0.05) is 24.5 Å². The maximum atomic E-state index is 13.8. The van der Waals surface area contributed by atoms with Crippen molar-refractivity contribution in [2.75, 3.05) is 19.7 Å². The minimum Gasteiger partial charge on any atom is -0.480 e. The first kappa shape index (κ1) is 26.9. The van der Waals surface area contributed by atoms with Crippen molar-refractivity contribution >= 4 is 10.0 Å². The zero-order valence-electron chi connectivity index (χ0n) is 21.2. The number of aromatic nitrogens is 2. The van der Waals surface area contributed by atoms with Gasteiger partial charge >= 0.3 is 0 Å². The van der Waals surface area contributed by atoms with Crippen molar-refractivity contribution in [1.29, 1.82) is 0 Å². The Morgan fingerprint density at radius 1 is 0.949 bits per heavy atom. The summed E-state index contributed by atoms with van der Waals surface area (Å²) >= 11 is 0. The van der Waals surface area contributed by atoms with Gasteiger partial charge in [0.05, 0.1) is 24.6 Å². The van der Waals surface area contributed by atoms with Gasteiger partial charge in [-0.05, 0) is 47.9 Å². The Morgan fingerprint density at radius 2 is 1.69 bits per heavy atom. The predicted molar refractivity (Wildman–Crippen MR) is 144 cm³/mol. The predicted octanol–water partition coefficient (Wildman–Crippen LogP) is 3.68. The van der Waals surface area contributed by atoms with Crippen LogP contribution >= 0.6 is 0 Å². The smallest absolute Gasteiger partial charge is 0.243 e. The molecule has 1 saturated heterocycles. The number of halogens is 1. The summed E-state index contributed by atoms with van der Waals surface area (Å²) in [6.45, 7) is 0.709. The maximum absolute atomic E-state index is 13.8. The summed E-state index contributed by atoms with van der Waals surface area (Å²) in [6, 6.07) is 23.4. The van der Waals surface area contributed by atoms with Gasteiger partial charge in [-0.15, -0.1) is 0 Å². The highest BCUT2D eigenvalue weighted by molar-refractivity contribution is 7.89. The first-order chi connectivity index (χ1) is 18.8. The van der Waals surface area contributed by atoms with E-state index in [2.05, 4.69) is 9.97 Å². The molecule has 1 aromatic heterocycles. The number of ether oxygens (including phenoxy) is 2. The number of nitrogens with two attached hydrogens (primary N) is 1. The zero-order valence-corrected chi connectivity index (χ0v) is 22.0. The van der Waals surface area contributed by atoms with Crippen LogP contribution in [0.15, 0.2) is 102 Å². The second-order valence-electron chi connectivity index (χ2n) is 9.48. The SMILES string of the molecule is N[C@H](COCc1ncccn1)Cc1cccc(S(=O)(=O)N2CC(Oc3cccc(F)c3)(c3ccccc3)C2)c1. The van der Waals surface area contributed by atoms with Gasteiger partial charge in [-0.2, -0.15) is 4.31 Å². The molecule has 4 aromatic rings. The molecule has 1 atom stereocenters. The fourth-order valence-electron chi connectivity index (χ4n) is 4.55. The number of hydrogen-bond acceptors (Lipinski definition) is 7. The van der Waals surface area contributed by atoms with Crippen molar-refractivity contribution in [3.8, 4) is 5.75 Å². The number of sulfonamides is 1. The van der Waals surface area contributed by atoms with E-state index in [9.17, 15) is 12.8 Å². The van der Waals surface area contributed by atoms with Crippen LogP contribution in [0.3, 0.4) is 0 Å². The largest absolute Gasteiger partial charge is 0.480 e. The van der Waals surface area contributed by atoms with Crippen LogP contribution < -0.4 is 10.5 Å². The molecule has 202 valence electrons. The third-order valence-corrected chi connectivity index (χ3v) is 8.28. The van der Waals surface area contributed by atoms with Crippen LogP contribution in [0.2, 0.25) is 0 Å². The van der Waals surface area contributed by atoms with Crippen LogP contribution in [0.25, 0.3) is 0 Å². The van der Waals surface area contributed by atoms with Gasteiger partial charge in [0.1, 0.15) is 18.2 Å². The molecule has 1 aliphatic heterocycles. The molecule has 0 bridgehead atoms. The van der Waals surface area contributed by atoms with Crippen LogP contribution in [0.5, 0.6) is 5.75 Å². The zero-order chi connectivity index (χ0) is 27.3. The molecular weight excluding hydrogens is 519 g/mol. The highest BCUT2D eigenvalue weighted by atomic mass is 32.2. The summed E-state index contributed by atoms with van der Waals surface area (Å²) in [5.41, 5.74) is 6.92. The van der Waals surface area contributed by atoms with E-state index in [0.29, 0.717) is 18.0 Å². The fraction of sp³-hybridized carbons (Fsp3) is 0.241. The van der Waals surface area contributed by atoms with E-state index in [1.807, 2.05) is 36.4 Å². The lowest BCUT2D eigenvalue weighted by Gasteiger charge is -2.48. The average Bonchev–Trinajstić information content (AvgIpc) is 2.92. The highest BCUT2D eigenvalue weighted by Gasteiger charge is 2.52. The van der Waals surface area contributed by atoms with Crippen LogP contribution in [0, 0.1) is 5.82 Å². The minimum absolute atomic E-state index is 0.0923. The Kier molecular flexibility index (Phi) is 7.99. The quantitative estimate of drug-likeness (QED) is 0.305. The molecule has 2 heterocycles. The molecule has 0 saturated carbocycles. The number of rotatable bonds is 11. The van der Waals surface area contributed by atoms with Crippen molar-refractivity contribution in [3.05, 3.63) is 120 Å². The topological polar surface area (TPSA) is 108 Å². The van der Waals surface area contributed by atoms with Crippen molar-refractivity contribution in [3.63, 3.8) is 0 Å². The highest BCUT2D eigenvalue weighted by Crippen LogP contribution is 2.40. The monoisotopic (exact) mass is 548 g/mol. The van der Waals surface area contributed by atoms with E-state index in [1.165, 1.54) is 16.4 Å². The lowest BCUT2D eigenvalue weighted by Crippen LogP contribution is -2.64. The summed E-state index contributed by atoms with van der Waals surface area (Å²) in [5, 5.41) is 0. The Labute approximate surface area is 227 Å². The minimum atomic E-state index is -3.80. The lowest BCUT2D eigenvalue weighted by atomic mass is 9.87. The van der Waals surface area contributed by atoms with E-state index in [4.69, 9.17) is 15.2 Å². The summed E-state index contributed by atoms with van der Waals surface area (Å²) in [5.74, 6) is 0.488. The molecule has 0 spiro atoms. The molecule has 1 fully saturated rings. The molecule has 0 amide bonds. The number of nitrogens with zero attached hydrogens (tertiary/aromatic N) is 3. The van der Waals surface area contributed by atoms with Crippen LogP contribution in [0.4, 0.5) is 4.39 Å². The molecule has 0 aliphatic carbocycles. The molecule has 8 nitrogen and oxygen atoms in total. The first-order valence-electron chi connectivity index (χ1n) is 12.5. The molecule has 0 radical (unpaired) electrons. The number of benzene rings is 3. The Hall–Kier alpha value is -3.70. The van der Waals surface area contributed by atoms with Crippen molar-refractivity contribution in [2.45, 2.75) is 29.6 Å². The van der Waals surface area contributed by atoms with Crippen molar-refractivity contribution < 1.29 is 22.3 Å². The summed E-state index contributed by atoms with van der Waals surface area (Å²) in [4.78, 5) is 8.40. The van der Waals surface area contributed by atoms with Gasteiger partial charge in [0.25, 0.3) is 0 Å². The third kappa shape index (κ3) is 6.31. The van der Waals surface area contributed by atoms with E-state index in [1.54, 1.807) is 48.8 Å². The van der Waals surface area contributed by atoms with Gasteiger partial charge in [0.15, 0.2) is 11.4 Å². The first-order valence-corrected chi connectivity index (χ1v) is 14.0. The van der Waals surface area contributed by atoms with Crippen LogP contribution in [0.1, 0.15) is 17.0 Å². The molecular formula is C29H29FN4O4S. The van der Waals surface area contributed by atoms with E-state index >= 15 is 0 Å². The Balaban J connectivity index is 1.26. The molecule has 39 heavy (non-hydrogen) atoms. The second-order valence-corrected chi connectivity index (χ2v) is 11.4. The molecule has 1 aliphatic rings. The fourth-order valence-corrected chi connectivity index (χ4v) is 6.15. The summed E-state index contributed by atoms with van der Waals surface area (Å²) < 4.78 is 54.1. The maximum Gasteiger partial charge on any atom is 0.243 e. The van der Waals surface area contributed by atoms with Gasteiger partial charge < -0.3 is 15.2 Å². The molecule has 10 heteroatoms. The van der Waals surface area contributed by atoms with Gasteiger partial charge in [0.2, 0.25) is 10.0 Å². The van der Waals surface area contributed by atoms with Crippen molar-refractivity contribution in [2.24, 2.45) is 5.73 Å². The Bertz CT molecular complexity index is 1500. The molecule has 2 N–H and O–H groups in total. The average molecular weight is 549 g/mol. The van der Waals surface area contributed by atoms with E-state index in [0.717, 1.165) is 11.1 Å². The van der Waals surface area contributed by atoms with Crippen molar-refractivity contribution in [1.82, 2.24) is 14.3 Å². The third-order valence-electron chi connectivity index (χ3n) is 6.49. The summed E-state index contributed by atoms with van der Waals surface area (Å²) in [6.07, 6.45) is 3.73. The van der Waals surface area contributed by atoms with Crippen LogP contribution in [-0.2, 0) is 33.4 Å². The normalized spacial score (nSPS) is 15.8. The van der Waals surface area contributed by atoms with Gasteiger partial charge in [-0.1, -0.05) is 48.5 Å². The second kappa shape index (κ2) is 11.6.